The fraction of sp³-hybridized carbons (Fsp3) is 0.889. The Labute approximate surface area is 79.8 Å². The number of nitrogens with two attached hydrogens (primary N) is 1. The van der Waals surface area contributed by atoms with Crippen molar-refractivity contribution in [2.75, 3.05) is 0 Å². The molecule has 3 N–H and O–H groups in total. The second-order valence-corrected chi connectivity index (χ2v) is 4.00. The third-order valence-electron chi connectivity index (χ3n) is 2.90. The minimum Gasteiger partial charge on any atom is -0.445 e. The number of hydrogen-bond donors (Lipinski definition) is 2. The first kappa shape index (κ1) is 10.7. The van der Waals surface area contributed by atoms with E-state index in [1.54, 1.807) is 0 Å². The summed E-state index contributed by atoms with van der Waals surface area (Å²) in [5, 5.41) is 9.09. The van der Waals surface area contributed by atoms with E-state index in [1.807, 2.05) is 0 Å². The second kappa shape index (κ2) is 4.77. The molecule has 4 heteroatoms. The van der Waals surface area contributed by atoms with Crippen LogP contribution >= 0.6 is 0 Å². The van der Waals surface area contributed by atoms with Gasteiger partial charge in [-0.25, -0.2) is 0 Å². The summed E-state index contributed by atoms with van der Waals surface area (Å²) in [4.78, 5) is 11.4. The lowest BCUT2D eigenvalue weighted by molar-refractivity contribution is -0.115. The summed E-state index contributed by atoms with van der Waals surface area (Å²) in [7, 11) is 0. The highest BCUT2D eigenvalue weighted by molar-refractivity contribution is 6.84. The molecule has 1 aliphatic carbocycles. The van der Waals surface area contributed by atoms with Crippen LogP contribution in [0.15, 0.2) is 0 Å². The quantitative estimate of drug-likeness (QED) is 0.630. The van der Waals surface area contributed by atoms with Crippen molar-refractivity contribution in [1.82, 2.24) is 0 Å². The van der Waals surface area contributed by atoms with Gasteiger partial charge in [-0.2, -0.15) is 0 Å². The van der Waals surface area contributed by atoms with Gasteiger partial charge in [-0.1, -0.05) is 26.1 Å². The molecule has 0 aliphatic heterocycles. The van der Waals surface area contributed by atoms with Crippen LogP contribution in [0.5, 0.6) is 0 Å². The lowest BCUT2D eigenvalue weighted by atomic mass is 9.61. The molecular formula is C9H18BNO2. The predicted octanol–water partition coefficient (Wildman–Crippen LogP) is 0.616. The first-order chi connectivity index (χ1) is 6.13. The summed E-state index contributed by atoms with van der Waals surface area (Å²) in [5.41, 5.74) is 5.58. The number of carbonyl (C=O) groups excluding carboxylic acids is 1. The summed E-state index contributed by atoms with van der Waals surface area (Å²) >= 11 is 0. The van der Waals surface area contributed by atoms with Crippen molar-refractivity contribution in [3.05, 3.63) is 0 Å². The van der Waals surface area contributed by atoms with E-state index >= 15 is 0 Å². The Morgan fingerprint density at radius 2 is 2.00 bits per heavy atom. The maximum atomic E-state index is 11.4. The smallest absolute Gasteiger partial charge is 0.365 e. The first-order valence-corrected chi connectivity index (χ1v) is 5.10. The van der Waals surface area contributed by atoms with Gasteiger partial charge in [0.1, 0.15) is 5.68 Å². The molecule has 1 aliphatic rings. The lowest BCUT2D eigenvalue weighted by Crippen LogP contribution is -2.45. The zero-order valence-electron chi connectivity index (χ0n) is 8.20. The number of hydrogen-bond acceptors (Lipinski definition) is 3. The molecule has 0 heterocycles. The van der Waals surface area contributed by atoms with Crippen molar-refractivity contribution in [1.29, 1.82) is 0 Å². The molecule has 0 aromatic heterocycles. The van der Waals surface area contributed by atoms with E-state index in [0.717, 1.165) is 12.8 Å². The van der Waals surface area contributed by atoms with Crippen molar-refractivity contribution >= 4 is 12.6 Å². The maximum absolute atomic E-state index is 11.4. The van der Waals surface area contributed by atoms with Gasteiger partial charge < -0.3 is 15.6 Å². The first-order valence-electron chi connectivity index (χ1n) is 5.10. The Bertz CT molecular complexity index is 178. The van der Waals surface area contributed by atoms with E-state index in [4.69, 9.17) is 10.8 Å². The van der Waals surface area contributed by atoms with Gasteiger partial charge in [0.25, 0.3) is 0 Å². The molecule has 3 nitrogen and oxygen atoms in total. The molecule has 0 amide bonds. The van der Waals surface area contributed by atoms with Crippen molar-refractivity contribution in [2.45, 2.75) is 45.0 Å². The Hall–Kier alpha value is -0.345. The van der Waals surface area contributed by atoms with E-state index in [-0.39, 0.29) is 5.68 Å². The van der Waals surface area contributed by atoms with Gasteiger partial charge in [0.05, 0.1) is 6.04 Å². The normalized spacial score (nSPS) is 21.2. The minimum absolute atomic E-state index is 0.202. The van der Waals surface area contributed by atoms with Crippen LogP contribution in [0.2, 0.25) is 6.82 Å². The monoisotopic (exact) mass is 183 g/mol. The zero-order valence-corrected chi connectivity index (χ0v) is 8.20. The molecule has 0 aromatic rings. The Kier molecular flexibility index (Phi) is 3.94. The summed E-state index contributed by atoms with van der Waals surface area (Å²) in [5.74, 6) is 0.302. The van der Waals surface area contributed by atoms with Gasteiger partial charge in [-0.3, -0.25) is 0 Å². The van der Waals surface area contributed by atoms with Crippen LogP contribution in [0.25, 0.3) is 0 Å². The minimum atomic E-state index is -0.906. The van der Waals surface area contributed by atoms with Crippen LogP contribution in [-0.2, 0) is 4.79 Å². The van der Waals surface area contributed by atoms with E-state index in [9.17, 15) is 4.79 Å². The molecule has 0 radical (unpaired) electrons. The van der Waals surface area contributed by atoms with Crippen molar-refractivity contribution in [3.63, 3.8) is 0 Å². The largest absolute Gasteiger partial charge is 0.445 e. The Morgan fingerprint density at radius 3 is 2.46 bits per heavy atom. The van der Waals surface area contributed by atoms with Gasteiger partial charge in [-0.15, -0.1) is 0 Å². The van der Waals surface area contributed by atoms with Crippen molar-refractivity contribution in [3.8, 4) is 0 Å². The standard InChI is InChI=1S/C9H18BNO2/c1-10(13)9(12)8(11)7-5-3-2-4-6-7/h7-8,13H,2-6,11H2,1H3. The topological polar surface area (TPSA) is 63.3 Å². The molecule has 1 unspecified atom stereocenters. The van der Waals surface area contributed by atoms with Crippen LogP contribution in [-0.4, -0.2) is 23.7 Å². The third kappa shape index (κ3) is 2.81. The molecule has 74 valence electrons. The van der Waals surface area contributed by atoms with Crippen molar-refractivity contribution in [2.24, 2.45) is 11.7 Å². The fourth-order valence-electron chi connectivity index (χ4n) is 2.00. The molecule has 1 fully saturated rings. The highest BCUT2D eigenvalue weighted by Crippen LogP contribution is 2.26. The van der Waals surface area contributed by atoms with Crippen LogP contribution < -0.4 is 5.73 Å². The highest BCUT2D eigenvalue weighted by Gasteiger charge is 2.29. The third-order valence-corrected chi connectivity index (χ3v) is 2.90. The van der Waals surface area contributed by atoms with E-state index in [0.29, 0.717) is 5.92 Å². The molecule has 1 atom stereocenters. The van der Waals surface area contributed by atoms with E-state index in [2.05, 4.69) is 0 Å². The fourth-order valence-corrected chi connectivity index (χ4v) is 2.00. The lowest BCUT2D eigenvalue weighted by Gasteiger charge is -2.26. The predicted molar refractivity (Wildman–Crippen MR) is 53.4 cm³/mol. The highest BCUT2D eigenvalue weighted by atomic mass is 16.2. The molecule has 13 heavy (non-hydrogen) atoms. The van der Waals surface area contributed by atoms with E-state index in [1.165, 1.54) is 26.1 Å². The summed E-state index contributed by atoms with van der Waals surface area (Å²) in [6, 6.07) is -0.444. The van der Waals surface area contributed by atoms with Crippen LogP contribution in [0, 0.1) is 5.92 Å². The maximum Gasteiger partial charge on any atom is 0.365 e. The summed E-state index contributed by atoms with van der Waals surface area (Å²) in [6.07, 6.45) is 5.68. The van der Waals surface area contributed by atoms with Gasteiger partial charge >= 0.3 is 6.92 Å². The van der Waals surface area contributed by atoms with Gasteiger partial charge in [0, 0.05) is 0 Å². The van der Waals surface area contributed by atoms with Crippen LogP contribution in [0.4, 0.5) is 0 Å². The average molecular weight is 183 g/mol. The van der Waals surface area contributed by atoms with Crippen LogP contribution in [0.1, 0.15) is 32.1 Å². The number of carbonyl (C=O) groups is 1. The molecule has 0 spiro atoms. The molecule has 0 saturated heterocycles. The van der Waals surface area contributed by atoms with Crippen LogP contribution in [0.3, 0.4) is 0 Å². The van der Waals surface area contributed by atoms with Gasteiger partial charge in [0.15, 0.2) is 0 Å². The zero-order chi connectivity index (χ0) is 9.84. The van der Waals surface area contributed by atoms with Gasteiger partial charge in [-0.05, 0) is 18.8 Å². The molecule has 0 aromatic carbocycles. The molecule has 1 saturated carbocycles. The Morgan fingerprint density at radius 1 is 1.46 bits per heavy atom. The molecule has 0 bridgehead atoms. The van der Waals surface area contributed by atoms with E-state index < -0.39 is 13.0 Å². The van der Waals surface area contributed by atoms with Crippen molar-refractivity contribution < 1.29 is 9.82 Å². The molecular weight excluding hydrogens is 165 g/mol. The van der Waals surface area contributed by atoms with Gasteiger partial charge in [0.2, 0.25) is 0 Å². The summed E-state index contributed by atoms with van der Waals surface area (Å²) < 4.78 is 0. The number of rotatable bonds is 3. The average Bonchev–Trinajstić information content (AvgIpc) is 2.17. The molecule has 1 rings (SSSR count). The second-order valence-electron chi connectivity index (χ2n) is 4.00. The SMILES string of the molecule is CB(O)C(=O)C(N)C1CCCCC1. The summed E-state index contributed by atoms with van der Waals surface area (Å²) in [6.45, 7) is 0.585. The Balaban J connectivity index is 2.45.